The number of thiocarbonyl (C=S) groups is 1. The molecule has 0 unspecified atom stereocenters. The zero-order valence-electron chi connectivity index (χ0n) is 12.6. The van der Waals surface area contributed by atoms with E-state index in [4.69, 9.17) is 17.3 Å². The van der Waals surface area contributed by atoms with Gasteiger partial charge >= 0.3 is 5.97 Å². The zero-order valence-corrected chi connectivity index (χ0v) is 14.3. The Balaban J connectivity index is 1.84. The molecule has 1 aliphatic heterocycles. The van der Waals surface area contributed by atoms with E-state index in [0.29, 0.717) is 22.2 Å². The van der Waals surface area contributed by atoms with Crippen molar-refractivity contribution in [3.63, 3.8) is 0 Å². The van der Waals surface area contributed by atoms with Crippen LogP contribution >= 0.6 is 24.0 Å². The molecule has 1 saturated heterocycles. The average molecular weight is 358 g/mol. The first-order valence-electron chi connectivity index (χ1n) is 7.37. The Morgan fingerprint density at radius 2 is 2.12 bits per heavy atom. The van der Waals surface area contributed by atoms with Crippen molar-refractivity contribution in [3.05, 3.63) is 47.0 Å². The predicted octanol–water partition coefficient (Wildman–Crippen LogP) is 3.30. The van der Waals surface area contributed by atoms with Gasteiger partial charge in [0.05, 0.1) is 10.4 Å². The number of carbonyl (C=O) groups excluding carboxylic acids is 1. The molecule has 122 valence electrons. The summed E-state index contributed by atoms with van der Waals surface area (Å²) in [6.07, 6.45) is 3.91. The molecule has 0 bridgehead atoms. The van der Waals surface area contributed by atoms with Crippen molar-refractivity contribution in [2.45, 2.75) is 12.8 Å². The Kier molecular flexibility index (Phi) is 4.92. The predicted molar refractivity (Wildman–Crippen MR) is 98.5 cm³/mol. The molecule has 0 radical (unpaired) electrons. The molecule has 1 aliphatic rings. The maximum Gasteiger partial charge on any atom is 0.303 e. The van der Waals surface area contributed by atoms with E-state index in [1.165, 1.54) is 16.7 Å². The molecule has 2 heterocycles. The van der Waals surface area contributed by atoms with Crippen LogP contribution in [0.4, 0.5) is 0 Å². The van der Waals surface area contributed by atoms with Crippen molar-refractivity contribution < 1.29 is 14.7 Å². The molecule has 0 saturated carbocycles. The Morgan fingerprint density at radius 3 is 2.92 bits per heavy atom. The van der Waals surface area contributed by atoms with Crippen LogP contribution in [0.15, 0.2) is 41.4 Å². The molecule has 5 nitrogen and oxygen atoms in total. The Hall–Kier alpha value is -2.25. The average Bonchev–Trinajstić information content (AvgIpc) is 2.82. The molecule has 0 atom stereocenters. The molecule has 0 aliphatic carbocycles. The third-order valence-electron chi connectivity index (χ3n) is 3.60. The maximum atomic E-state index is 12.5. The van der Waals surface area contributed by atoms with Crippen LogP contribution in [0.5, 0.6) is 0 Å². The molecule has 1 amide bonds. The van der Waals surface area contributed by atoms with Gasteiger partial charge in [0.25, 0.3) is 5.91 Å². The summed E-state index contributed by atoms with van der Waals surface area (Å²) in [7, 11) is 0. The number of aliphatic carboxylic acids is 1. The van der Waals surface area contributed by atoms with E-state index in [1.807, 2.05) is 30.3 Å². The van der Waals surface area contributed by atoms with Gasteiger partial charge in [0, 0.05) is 30.1 Å². The highest BCUT2D eigenvalue weighted by atomic mass is 32.2. The van der Waals surface area contributed by atoms with E-state index >= 15 is 0 Å². The first kappa shape index (κ1) is 16.6. The van der Waals surface area contributed by atoms with Gasteiger partial charge in [-0.2, -0.15) is 0 Å². The summed E-state index contributed by atoms with van der Waals surface area (Å²) >= 11 is 6.49. The molecule has 7 heteroatoms. The maximum absolute atomic E-state index is 12.5. The van der Waals surface area contributed by atoms with Crippen molar-refractivity contribution in [2.75, 3.05) is 6.54 Å². The molecular weight excluding hydrogens is 344 g/mol. The Morgan fingerprint density at radius 1 is 1.33 bits per heavy atom. The number of benzene rings is 1. The first-order chi connectivity index (χ1) is 11.6. The SMILES string of the molecule is O=C(O)CCCN1C(=O)/C(=C/c2cccc3cccnc23)SC1=S. The second kappa shape index (κ2) is 7.11. The molecule has 1 fully saturated rings. The summed E-state index contributed by atoms with van der Waals surface area (Å²) in [5, 5.41) is 9.71. The molecule has 0 spiro atoms. The lowest BCUT2D eigenvalue weighted by Crippen LogP contribution is -2.29. The van der Waals surface area contributed by atoms with Crippen molar-refractivity contribution in [3.8, 4) is 0 Å². The van der Waals surface area contributed by atoms with Crippen LogP contribution in [0.2, 0.25) is 0 Å². The van der Waals surface area contributed by atoms with Crippen molar-refractivity contribution >= 4 is 57.2 Å². The van der Waals surface area contributed by atoms with Crippen molar-refractivity contribution in [1.29, 1.82) is 0 Å². The van der Waals surface area contributed by atoms with Gasteiger partial charge in [-0.25, -0.2) is 0 Å². The van der Waals surface area contributed by atoms with Crippen LogP contribution in [-0.2, 0) is 9.59 Å². The summed E-state index contributed by atoms with van der Waals surface area (Å²) in [6.45, 7) is 0.322. The monoisotopic (exact) mass is 358 g/mol. The van der Waals surface area contributed by atoms with Gasteiger partial charge in [-0.1, -0.05) is 48.2 Å². The van der Waals surface area contributed by atoms with E-state index in [-0.39, 0.29) is 12.3 Å². The van der Waals surface area contributed by atoms with Crippen LogP contribution in [0, 0.1) is 0 Å². The number of carbonyl (C=O) groups is 2. The normalized spacial score (nSPS) is 16.3. The van der Waals surface area contributed by atoms with E-state index in [1.54, 1.807) is 12.3 Å². The highest BCUT2D eigenvalue weighted by Crippen LogP contribution is 2.33. The van der Waals surface area contributed by atoms with Crippen molar-refractivity contribution in [1.82, 2.24) is 9.88 Å². The van der Waals surface area contributed by atoms with Gasteiger partial charge in [0.1, 0.15) is 4.32 Å². The van der Waals surface area contributed by atoms with Gasteiger partial charge in [0.15, 0.2) is 0 Å². The number of hydrogen-bond acceptors (Lipinski definition) is 5. The number of thioether (sulfide) groups is 1. The van der Waals surface area contributed by atoms with E-state index < -0.39 is 5.97 Å². The number of pyridine rings is 1. The summed E-state index contributed by atoms with van der Waals surface area (Å²) in [5.74, 6) is -1.05. The number of carboxylic acid groups (broad SMARTS) is 1. The Labute approximate surface area is 148 Å². The molecule has 1 N–H and O–H groups in total. The molecule has 24 heavy (non-hydrogen) atoms. The largest absolute Gasteiger partial charge is 0.481 e. The molecule has 2 aromatic rings. The lowest BCUT2D eigenvalue weighted by molar-refractivity contribution is -0.137. The molecule has 3 rings (SSSR count). The number of fused-ring (bicyclic) bond motifs is 1. The van der Waals surface area contributed by atoms with Crippen LogP contribution in [-0.4, -0.2) is 37.7 Å². The quantitative estimate of drug-likeness (QED) is 0.653. The third kappa shape index (κ3) is 3.47. The first-order valence-corrected chi connectivity index (χ1v) is 8.59. The van der Waals surface area contributed by atoms with E-state index in [9.17, 15) is 9.59 Å². The molecular formula is C17H14N2O3S2. The fourth-order valence-electron chi connectivity index (χ4n) is 2.47. The number of carboxylic acids is 1. The lowest BCUT2D eigenvalue weighted by atomic mass is 10.1. The van der Waals surface area contributed by atoms with Gasteiger partial charge in [-0.3, -0.25) is 19.5 Å². The lowest BCUT2D eigenvalue weighted by Gasteiger charge is -2.13. The van der Waals surface area contributed by atoms with Gasteiger partial charge in [-0.15, -0.1) is 0 Å². The number of nitrogens with zero attached hydrogens (tertiary/aromatic N) is 2. The van der Waals surface area contributed by atoms with Crippen LogP contribution < -0.4 is 0 Å². The summed E-state index contributed by atoms with van der Waals surface area (Å²) < 4.78 is 0.463. The van der Waals surface area contributed by atoms with Gasteiger partial charge in [0.2, 0.25) is 0 Å². The highest BCUT2D eigenvalue weighted by molar-refractivity contribution is 8.26. The number of para-hydroxylation sites is 1. The Bertz CT molecular complexity index is 859. The standard InChI is InChI=1S/C17H14N2O3S2/c20-14(21)7-3-9-19-16(22)13(24-17(19)23)10-12-5-1-4-11-6-2-8-18-15(11)12/h1-2,4-6,8,10H,3,7,9H2,(H,20,21)/b13-10-. The second-order valence-corrected chi connectivity index (χ2v) is 6.93. The topological polar surface area (TPSA) is 70.5 Å². The number of amides is 1. The fraction of sp³-hybridized carbons (Fsp3) is 0.176. The second-order valence-electron chi connectivity index (χ2n) is 5.25. The zero-order chi connectivity index (χ0) is 17.1. The number of hydrogen-bond donors (Lipinski definition) is 1. The van der Waals surface area contributed by atoms with Crippen LogP contribution in [0.3, 0.4) is 0 Å². The fourth-order valence-corrected chi connectivity index (χ4v) is 3.77. The minimum absolute atomic E-state index is 0.0172. The highest BCUT2D eigenvalue weighted by Gasteiger charge is 2.31. The van der Waals surface area contributed by atoms with Crippen molar-refractivity contribution in [2.24, 2.45) is 0 Å². The van der Waals surface area contributed by atoms with Gasteiger partial charge in [-0.05, 0) is 18.6 Å². The van der Waals surface area contributed by atoms with Gasteiger partial charge < -0.3 is 5.11 Å². The minimum Gasteiger partial charge on any atom is -0.481 e. The summed E-state index contributed by atoms with van der Waals surface area (Å²) in [4.78, 5) is 29.5. The smallest absolute Gasteiger partial charge is 0.303 e. The van der Waals surface area contributed by atoms with Crippen LogP contribution in [0.25, 0.3) is 17.0 Å². The molecule has 1 aromatic heterocycles. The number of aromatic nitrogens is 1. The summed E-state index contributed by atoms with van der Waals surface area (Å²) in [6, 6.07) is 9.64. The van der Waals surface area contributed by atoms with E-state index in [2.05, 4.69) is 4.98 Å². The third-order valence-corrected chi connectivity index (χ3v) is 4.97. The molecule has 1 aromatic carbocycles. The summed E-state index contributed by atoms with van der Waals surface area (Å²) in [5.41, 5.74) is 1.69. The minimum atomic E-state index is -0.877. The van der Waals surface area contributed by atoms with Crippen LogP contribution in [0.1, 0.15) is 18.4 Å². The van der Waals surface area contributed by atoms with E-state index in [0.717, 1.165) is 16.5 Å². The number of rotatable bonds is 5.